The molecule has 116 valence electrons. The number of nitrogen functional groups attached to an aromatic ring is 1. The summed E-state index contributed by atoms with van der Waals surface area (Å²) in [6.45, 7) is 6.05. The molecule has 6 heteroatoms. The molecule has 0 saturated carbocycles. The number of likely N-dealkylation sites (N-methyl/N-ethyl adjacent to an activating group) is 1. The second-order valence-corrected chi connectivity index (χ2v) is 5.77. The second kappa shape index (κ2) is 6.30. The molecule has 2 heterocycles. The molecule has 2 atom stereocenters. The number of pyridine rings is 1. The van der Waals surface area contributed by atoms with Crippen molar-refractivity contribution < 1.29 is 9.53 Å². The molecule has 6 nitrogen and oxygen atoms in total. The van der Waals surface area contributed by atoms with Gasteiger partial charge < -0.3 is 20.3 Å². The van der Waals surface area contributed by atoms with E-state index in [2.05, 4.69) is 35.8 Å². The number of carbonyl (C=O) groups is 1. The fourth-order valence-corrected chi connectivity index (χ4v) is 2.88. The number of hydrogen-bond acceptors (Lipinski definition) is 6. The fraction of sp³-hybridized carbons (Fsp3) is 0.600. The summed E-state index contributed by atoms with van der Waals surface area (Å²) >= 11 is 0. The monoisotopic (exact) mass is 292 g/mol. The maximum Gasteiger partial charge on any atom is 0.341 e. The lowest BCUT2D eigenvalue weighted by atomic mass is 10.1. The van der Waals surface area contributed by atoms with Crippen LogP contribution in [0.5, 0.6) is 0 Å². The summed E-state index contributed by atoms with van der Waals surface area (Å²) < 4.78 is 5.11. The Morgan fingerprint density at radius 1 is 1.52 bits per heavy atom. The van der Waals surface area contributed by atoms with Gasteiger partial charge in [0.15, 0.2) is 0 Å². The highest BCUT2D eigenvalue weighted by atomic mass is 16.5. The van der Waals surface area contributed by atoms with Gasteiger partial charge in [-0.15, -0.1) is 0 Å². The minimum absolute atomic E-state index is 0.337. The Morgan fingerprint density at radius 2 is 2.24 bits per heavy atom. The Labute approximate surface area is 125 Å². The van der Waals surface area contributed by atoms with Crippen molar-refractivity contribution in [3.63, 3.8) is 0 Å². The zero-order chi connectivity index (χ0) is 15.6. The topological polar surface area (TPSA) is 71.7 Å². The van der Waals surface area contributed by atoms with Crippen LogP contribution in [0.3, 0.4) is 0 Å². The molecule has 0 amide bonds. The molecule has 1 aliphatic rings. The molecule has 1 aromatic rings. The highest BCUT2D eigenvalue weighted by Crippen LogP contribution is 2.28. The summed E-state index contributed by atoms with van der Waals surface area (Å²) in [7, 11) is 4.15. The Hall–Kier alpha value is -1.82. The lowest BCUT2D eigenvalue weighted by molar-refractivity contribution is 0.0526. The molecule has 2 unspecified atom stereocenters. The number of hydrogen-bond donors (Lipinski definition) is 1. The first-order chi connectivity index (χ1) is 9.93. The summed E-state index contributed by atoms with van der Waals surface area (Å²) in [5.74, 6) is 0.807. The predicted octanol–water partition coefficient (Wildman–Crippen LogP) is 1.23. The van der Waals surface area contributed by atoms with Gasteiger partial charge >= 0.3 is 5.97 Å². The van der Waals surface area contributed by atoms with E-state index in [4.69, 9.17) is 10.5 Å². The van der Waals surface area contributed by atoms with Crippen LogP contribution in [0, 0.1) is 5.92 Å². The number of carbonyl (C=O) groups excluding carboxylic acids is 1. The van der Waals surface area contributed by atoms with Gasteiger partial charge in [0.2, 0.25) is 0 Å². The number of esters is 1. The molecular formula is C15H24N4O2. The van der Waals surface area contributed by atoms with Crippen molar-refractivity contribution in [3.8, 4) is 0 Å². The number of nitrogens with two attached hydrogens (primary N) is 1. The largest absolute Gasteiger partial charge is 0.462 e. The Bertz CT molecular complexity index is 518. The minimum atomic E-state index is -0.367. The van der Waals surface area contributed by atoms with Gasteiger partial charge in [-0.3, -0.25) is 0 Å². The molecule has 21 heavy (non-hydrogen) atoms. The molecule has 0 radical (unpaired) electrons. The zero-order valence-electron chi connectivity index (χ0n) is 13.2. The SMILES string of the molecule is CCOC(=O)c1cc(N)cnc1N1CC(C)C(N(C)C)C1. The van der Waals surface area contributed by atoms with E-state index in [9.17, 15) is 4.79 Å². The first-order valence-electron chi connectivity index (χ1n) is 7.28. The maximum atomic E-state index is 12.1. The van der Waals surface area contributed by atoms with Crippen molar-refractivity contribution in [1.29, 1.82) is 0 Å². The normalized spacial score (nSPS) is 21.9. The summed E-state index contributed by atoms with van der Waals surface area (Å²) in [4.78, 5) is 20.8. The number of rotatable bonds is 4. The molecule has 1 aliphatic heterocycles. The Morgan fingerprint density at radius 3 is 2.81 bits per heavy atom. The van der Waals surface area contributed by atoms with Gasteiger partial charge in [-0.2, -0.15) is 0 Å². The quantitative estimate of drug-likeness (QED) is 0.842. The van der Waals surface area contributed by atoms with Gasteiger partial charge in [-0.05, 0) is 33.0 Å². The van der Waals surface area contributed by atoms with Gasteiger partial charge in [0, 0.05) is 19.1 Å². The van der Waals surface area contributed by atoms with E-state index < -0.39 is 0 Å². The average molecular weight is 292 g/mol. The van der Waals surface area contributed by atoms with Gasteiger partial charge in [-0.25, -0.2) is 9.78 Å². The van der Waals surface area contributed by atoms with Crippen LogP contribution in [0.2, 0.25) is 0 Å². The molecule has 0 spiro atoms. The van der Waals surface area contributed by atoms with Crippen LogP contribution in [-0.4, -0.2) is 55.7 Å². The summed E-state index contributed by atoms with van der Waals surface area (Å²) in [6, 6.07) is 2.09. The standard InChI is InChI=1S/C15H24N4O2/c1-5-21-15(20)12-6-11(16)7-17-14(12)19-8-10(2)13(9-19)18(3)4/h6-7,10,13H,5,8-9,16H2,1-4H3. The van der Waals surface area contributed by atoms with E-state index >= 15 is 0 Å². The molecule has 0 aromatic carbocycles. The van der Waals surface area contributed by atoms with Gasteiger partial charge in [0.05, 0.1) is 18.5 Å². The van der Waals surface area contributed by atoms with Crippen molar-refractivity contribution >= 4 is 17.5 Å². The average Bonchev–Trinajstić information content (AvgIpc) is 2.81. The molecule has 0 aliphatic carbocycles. The number of ether oxygens (including phenoxy) is 1. The van der Waals surface area contributed by atoms with Crippen molar-refractivity contribution in [2.45, 2.75) is 19.9 Å². The molecular weight excluding hydrogens is 268 g/mol. The highest BCUT2D eigenvalue weighted by molar-refractivity contribution is 5.95. The van der Waals surface area contributed by atoms with Crippen molar-refractivity contribution in [3.05, 3.63) is 17.8 Å². The molecule has 0 bridgehead atoms. The lowest BCUT2D eigenvalue weighted by Gasteiger charge is -2.23. The fourth-order valence-electron chi connectivity index (χ4n) is 2.88. The first kappa shape index (κ1) is 15.6. The summed E-state index contributed by atoms with van der Waals surface area (Å²) in [6.07, 6.45) is 1.59. The highest BCUT2D eigenvalue weighted by Gasteiger charge is 2.33. The minimum Gasteiger partial charge on any atom is -0.462 e. The van der Waals surface area contributed by atoms with Crippen molar-refractivity contribution in [1.82, 2.24) is 9.88 Å². The summed E-state index contributed by atoms with van der Waals surface area (Å²) in [5, 5.41) is 0. The van der Waals surface area contributed by atoms with Crippen LogP contribution in [0.25, 0.3) is 0 Å². The predicted molar refractivity (Wildman–Crippen MR) is 83.5 cm³/mol. The van der Waals surface area contributed by atoms with E-state index in [-0.39, 0.29) is 5.97 Å². The van der Waals surface area contributed by atoms with E-state index in [0.29, 0.717) is 35.6 Å². The molecule has 2 N–H and O–H groups in total. The van der Waals surface area contributed by atoms with Crippen LogP contribution < -0.4 is 10.6 Å². The van der Waals surface area contributed by atoms with Gasteiger partial charge in [0.25, 0.3) is 0 Å². The van der Waals surface area contributed by atoms with Gasteiger partial charge in [0.1, 0.15) is 11.4 Å². The molecule has 1 fully saturated rings. The van der Waals surface area contributed by atoms with Crippen molar-refractivity contribution in [2.24, 2.45) is 5.92 Å². The third-order valence-corrected chi connectivity index (χ3v) is 3.92. The number of nitrogens with zero attached hydrogens (tertiary/aromatic N) is 3. The number of aromatic nitrogens is 1. The van der Waals surface area contributed by atoms with Gasteiger partial charge in [-0.1, -0.05) is 6.92 Å². The van der Waals surface area contributed by atoms with Crippen molar-refractivity contribution in [2.75, 3.05) is 44.4 Å². The first-order valence-corrected chi connectivity index (χ1v) is 7.28. The van der Waals surface area contributed by atoms with E-state index in [1.165, 1.54) is 0 Å². The third kappa shape index (κ3) is 3.26. The van der Waals surface area contributed by atoms with E-state index in [0.717, 1.165) is 13.1 Å². The molecule has 1 saturated heterocycles. The second-order valence-electron chi connectivity index (χ2n) is 5.77. The molecule has 1 aromatic heterocycles. The summed E-state index contributed by atoms with van der Waals surface area (Å²) in [5.41, 5.74) is 6.68. The third-order valence-electron chi connectivity index (χ3n) is 3.92. The zero-order valence-corrected chi connectivity index (χ0v) is 13.2. The van der Waals surface area contributed by atoms with E-state index in [1.54, 1.807) is 19.2 Å². The molecule has 2 rings (SSSR count). The smallest absolute Gasteiger partial charge is 0.341 e. The Kier molecular flexibility index (Phi) is 4.67. The van der Waals surface area contributed by atoms with Crippen LogP contribution in [0.15, 0.2) is 12.3 Å². The Balaban J connectivity index is 2.30. The van der Waals surface area contributed by atoms with E-state index in [1.807, 2.05) is 0 Å². The van der Waals surface area contributed by atoms with Crippen LogP contribution >= 0.6 is 0 Å². The van der Waals surface area contributed by atoms with Crippen LogP contribution in [-0.2, 0) is 4.74 Å². The van der Waals surface area contributed by atoms with Crippen LogP contribution in [0.4, 0.5) is 11.5 Å². The lowest BCUT2D eigenvalue weighted by Crippen LogP contribution is -2.34. The number of anilines is 2. The maximum absolute atomic E-state index is 12.1. The van der Waals surface area contributed by atoms with Crippen LogP contribution in [0.1, 0.15) is 24.2 Å².